The lowest BCUT2D eigenvalue weighted by molar-refractivity contribution is -0.142. The van der Waals surface area contributed by atoms with Crippen molar-refractivity contribution in [3.8, 4) is 11.5 Å². The third kappa shape index (κ3) is 6.70. The lowest BCUT2D eigenvalue weighted by Gasteiger charge is -2.38. The van der Waals surface area contributed by atoms with Gasteiger partial charge in [-0.05, 0) is 56.2 Å². The summed E-state index contributed by atoms with van der Waals surface area (Å²) in [6, 6.07) is 9.45. The number of piperazine rings is 1. The van der Waals surface area contributed by atoms with Crippen LogP contribution in [0.1, 0.15) is 33.6 Å². The minimum Gasteiger partial charge on any atom is -0.494 e. The molecule has 0 aromatic heterocycles. The second-order valence-electron chi connectivity index (χ2n) is 9.01. The summed E-state index contributed by atoms with van der Waals surface area (Å²) >= 11 is 0. The Hall–Kier alpha value is -2.72. The second-order valence-corrected chi connectivity index (χ2v) is 10.9. The van der Waals surface area contributed by atoms with E-state index in [4.69, 9.17) is 9.47 Å². The molecule has 2 aromatic rings. The molecule has 1 fully saturated rings. The van der Waals surface area contributed by atoms with Crippen LogP contribution >= 0.6 is 0 Å². The molecule has 35 heavy (non-hydrogen) atoms. The minimum atomic E-state index is -3.66. The van der Waals surface area contributed by atoms with Crippen LogP contribution in [0, 0.1) is 17.0 Å². The first kappa shape index (κ1) is 26.9. The molecule has 1 heterocycles. The van der Waals surface area contributed by atoms with E-state index in [1.54, 1.807) is 17.0 Å². The summed E-state index contributed by atoms with van der Waals surface area (Å²) in [6.07, 6.45) is 1.00. The van der Waals surface area contributed by atoms with E-state index in [0.29, 0.717) is 38.3 Å². The summed E-state index contributed by atoms with van der Waals surface area (Å²) in [5, 5.41) is 0. The minimum absolute atomic E-state index is 0.0274. The first-order valence-electron chi connectivity index (χ1n) is 11.6. The van der Waals surface area contributed by atoms with Crippen LogP contribution in [0.4, 0.5) is 8.78 Å². The molecule has 0 atom stereocenters. The van der Waals surface area contributed by atoms with E-state index in [1.165, 1.54) is 22.5 Å². The zero-order valence-electron chi connectivity index (χ0n) is 20.3. The number of halogens is 2. The number of nitrogens with zero attached hydrogens (tertiary/aromatic N) is 2. The van der Waals surface area contributed by atoms with Gasteiger partial charge in [0.05, 0.1) is 18.1 Å². The van der Waals surface area contributed by atoms with Gasteiger partial charge in [0.1, 0.15) is 11.6 Å². The average molecular weight is 511 g/mol. The zero-order chi connectivity index (χ0) is 25.6. The summed E-state index contributed by atoms with van der Waals surface area (Å²) in [4.78, 5) is 15.0. The summed E-state index contributed by atoms with van der Waals surface area (Å²) in [5.41, 5.74) is -0.694. The highest BCUT2D eigenvalue weighted by Gasteiger charge is 2.36. The van der Waals surface area contributed by atoms with Crippen molar-refractivity contribution in [3.63, 3.8) is 0 Å². The number of amides is 1. The van der Waals surface area contributed by atoms with Crippen molar-refractivity contribution in [2.75, 3.05) is 39.4 Å². The molecule has 1 amide bonds. The molecule has 0 spiro atoms. The standard InChI is InChI=1S/C25H32F2N2O5S/c1-4-33-20-7-9-21(10-8-20)35(31,32)29-15-13-28(14-16-29)24(30)25(2,3)12-5-17-34-23-11-6-19(26)18-22(23)27/h6-11,18H,4-5,12-17H2,1-3H3. The fourth-order valence-corrected chi connectivity index (χ4v) is 5.40. The van der Waals surface area contributed by atoms with Crippen molar-refractivity contribution in [2.45, 2.75) is 38.5 Å². The van der Waals surface area contributed by atoms with Crippen LogP contribution in [-0.2, 0) is 14.8 Å². The highest BCUT2D eigenvalue weighted by Crippen LogP contribution is 2.28. The van der Waals surface area contributed by atoms with Crippen LogP contribution in [0.15, 0.2) is 47.4 Å². The SMILES string of the molecule is CCOc1ccc(S(=O)(=O)N2CCN(C(=O)C(C)(C)CCCOc3ccc(F)cc3F)CC2)cc1. The van der Waals surface area contributed by atoms with E-state index < -0.39 is 27.1 Å². The summed E-state index contributed by atoms with van der Waals surface area (Å²) < 4.78 is 64.8. The lowest BCUT2D eigenvalue weighted by Crippen LogP contribution is -2.53. The van der Waals surface area contributed by atoms with Gasteiger partial charge < -0.3 is 14.4 Å². The zero-order valence-corrected chi connectivity index (χ0v) is 21.1. The van der Waals surface area contributed by atoms with Gasteiger partial charge in [-0.3, -0.25) is 4.79 Å². The molecule has 1 aliphatic heterocycles. The Labute approximate surface area is 205 Å². The Balaban J connectivity index is 1.49. The van der Waals surface area contributed by atoms with E-state index in [2.05, 4.69) is 0 Å². The Kier molecular flexibility index (Phi) is 8.71. The number of benzene rings is 2. The normalized spacial score (nSPS) is 15.2. The van der Waals surface area contributed by atoms with Gasteiger partial charge in [-0.15, -0.1) is 0 Å². The highest BCUT2D eigenvalue weighted by atomic mass is 32.2. The van der Waals surface area contributed by atoms with E-state index in [0.717, 1.165) is 12.1 Å². The molecule has 3 rings (SSSR count). The van der Waals surface area contributed by atoms with E-state index >= 15 is 0 Å². The molecular formula is C25H32F2N2O5S. The topological polar surface area (TPSA) is 76.2 Å². The van der Waals surface area contributed by atoms with Crippen LogP contribution in [0.3, 0.4) is 0 Å². The van der Waals surface area contributed by atoms with Gasteiger partial charge >= 0.3 is 0 Å². The Bertz CT molecular complexity index is 1120. The van der Waals surface area contributed by atoms with Gasteiger partial charge in [0.2, 0.25) is 15.9 Å². The number of rotatable bonds is 10. The third-order valence-corrected chi connectivity index (χ3v) is 7.89. The summed E-state index contributed by atoms with van der Waals surface area (Å²) in [6.45, 7) is 7.23. The number of carbonyl (C=O) groups excluding carboxylic acids is 1. The van der Waals surface area contributed by atoms with Gasteiger partial charge in [0.15, 0.2) is 11.6 Å². The molecule has 0 radical (unpaired) electrons. The average Bonchev–Trinajstić information content (AvgIpc) is 2.83. The maximum absolute atomic E-state index is 13.7. The van der Waals surface area contributed by atoms with Crippen molar-refractivity contribution in [1.29, 1.82) is 0 Å². The van der Waals surface area contributed by atoms with E-state index in [9.17, 15) is 22.0 Å². The maximum atomic E-state index is 13.7. The largest absolute Gasteiger partial charge is 0.494 e. The van der Waals surface area contributed by atoms with Crippen LogP contribution < -0.4 is 9.47 Å². The van der Waals surface area contributed by atoms with Crippen molar-refractivity contribution in [1.82, 2.24) is 9.21 Å². The van der Waals surface area contributed by atoms with Crippen LogP contribution in [-0.4, -0.2) is 62.9 Å². The number of ether oxygens (including phenoxy) is 2. The predicted molar refractivity (Wildman–Crippen MR) is 128 cm³/mol. The van der Waals surface area contributed by atoms with Gasteiger partial charge in [0, 0.05) is 37.7 Å². The van der Waals surface area contributed by atoms with Crippen LogP contribution in [0.2, 0.25) is 0 Å². The molecule has 0 unspecified atom stereocenters. The summed E-state index contributed by atoms with van der Waals surface area (Å²) in [7, 11) is -3.66. The number of sulfonamides is 1. The molecular weight excluding hydrogens is 478 g/mol. The Morgan fingerprint density at radius 2 is 1.66 bits per heavy atom. The predicted octanol–water partition coefficient (Wildman–Crippen LogP) is 4.08. The van der Waals surface area contributed by atoms with Crippen molar-refractivity contribution in [2.24, 2.45) is 5.41 Å². The molecule has 0 bridgehead atoms. The van der Waals surface area contributed by atoms with E-state index in [-0.39, 0.29) is 36.2 Å². The fraction of sp³-hybridized carbons (Fsp3) is 0.480. The maximum Gasteiger partial charge on any atom is 0.243 e. The van der Waals surface area contributed by atoms with Gasteiger partial charge in [-0.2, -0.15) is 4.31 Å². The second kappa shape index (κ2) is 11.3. The first-order valence-corrected chi connectivity index (χ1v) is 13.1. The smallest absolute Gasteiger partial charge is 0.243 e. The van der Waals surface area contributed by atoms with Gasteiger partial charge in [-0.25, -0.2) is 17.2 Å². The van der Waals surface area contributed by atoms with E-state index in [1.807, 2.05) is 20.8 Å². The fourth-order valence-electron chi connectivity index (χ4n) is 3.98. The highest BCUT2D eigenvalue weighted by molar-refractivity contribution is 7.89. The quantitative estimate of drug-likeness (QED) is 0.450. The molecule has 2 aromatic carbocycles. The Morgan fingerprint density at radius 3 is 2.26 bits per heavy atom. The molecule has 1 saturated heterocycles. The molecule has 7 nitrogen and oxygen atoms in total. The number of carbonyl (C=O) groups is 1. The third-order valence-electron chi connectivity index (χ3n) is 5.97. The van der Waals surface area contributed by atoms with Crippen molar-refractivity contribution < 1.29 is 31.5 Å². The molecule has 1 aliphatic rings. The van der Waals surface area contributed by atoms with Crippen molar-refractivity contribution >= 4 is 15.9 Å². The van der Waals surface area contributed by atoms with Crippen LogP contribution in [0.5, 0.6) is 11.5 Å². The lowest BCUT2D eigenvalue weighted by atomic mass is 9.86. The molecule has 0 aliphatic carbocycles. The molecule has 10 heteroatoms. The number of hydrogen-bond acceptors (Lipinski definition) is 5. The van der Waals surface area contributed by atoms with Crippen molar-refractivity contribution in [3.05, 3.63) is 54.1 Å². The van der Waals surface area contributed by atoms with Crippen LogP contribution in [0.25, 0.3) is 0 Å². The molecule has 0 N–H and O–H groups in total. The monoisotopic (exact) mass is 510 g/mol. The van der Waals surface area contributed by atoms with Gasteiger partial charge in [0.25, 0.3) is 0 Å². The molecule has 192 valence electrons. The first-order chi connectivity index (χ1) is 16.5. The Morgan fingerprint density at radius 1 is 1.00 bits per heavy atom. The number of hydrogen-bond donors (Lipinski definition) is 0. The molecule has 0 saturated carbocycles. The summed E-state index contributed by atoms with van der Waals surface area (Å²) in [5.74, 6) is -0.923. The van der Waals surface area contributed by atoms with Gasteiger partial charge in [-0.1, -0.05) is 13.8 Å².